The van der Waals surface area contributed by atoms with E-state index in [0.717, 1.165) is 24.4 Å². The molecule has 0 unspecified atom stereocenters. The Kier molecular flexibility index (Phi) is 2.50. The van der Waals surface area contributed by atoms with Gasteiger partial charge in [-0.3, -0.25) is 4.79 Å². The zero-order valence-corrected chi connectivity index (χ0v) is 9.93. The van der Waals surface area contributed by atoms with Gasteiger partial charge in [-0.2, -0.15) is 0 Å². The van der Waals surface area contributed by atoms with Gasteiger partial charge >= 0.3 is 0 Å². The summed E-state index contributed by atoms with van der Waals surface area (Å²) in [4.78, 5) is 12.1. The number of benzene rings is 1. The Morgan fingerprint density at radius 1 is 1.24 bits per heavy atom. The Balaban J connectivity index is 1.98. The van der Waals surface area contributed by atoms with Gasteiger partial charge in [-0.1, -0.05) is 37.3 Å². The van der Waals surface area contributed by atoms with Crippen LogP contribution < -0.4 is 0 Å². The molecule has 1 heterocycles. The summed E-state index contributed by atoms with van der Waals surface area (Å²) in [5.74, 6) is 1.85. The molecule has 1 aliphatic heterocycles. The van der Waals surface area contributed by atoms with Crippen molar-refractivity contribution in [1.29, 1.82) is 0 Å². The molecule has 1 aromatic rings. The molecule has 0 spiro atoms. The topological polar surface area (TPSA) is 26.3 Å². The summed E-state index contributed by atoms with van der Waals surface area (Å²) in [6, 6.07) is 10.1. The maximum absolute atomic E-state index is 12.1. The molecule has 0 saturated carbocycles. The first-order valence-corrected chi connectivity index (χ1v) is 6.20. The lowest BCUT2D eigenvalue weighted by Gasteiger charge is -2.32. The molecule has 0 bridgehead atoms. The van der Waals surface area contributed by atoms with Gasteiger partial charge in [0, 0.05) is 12.0 Å². The quantitative estimate of drug-likeness (QED) is 0.738. The fourth-order valence-corrected chi connectivity index (χ4v) is 2.99. The van der Waals surface area contributed by atoms with Crippen molar-refractivity contribution in [1.82, 2.24) is 0 Å². The molecule has 1 saturated heterocycles. The van der Waals surface area contributed by atoms with E-state index in [1.807, 2.05) is 30.3 Å². The lowest BCUT2D eigenvalue weighted by molar-refractivity contribution is -0.116. The Bertz CT molecular complexity index is 461. The van der Waals surface area contributed by atoms with Crippen molar-refractivity contribution in [3.05, 3.63) is 47.7 Å². The van der Waals surface area contributed by atoms with Crippen molar-refractivity contribution in [2.75, 3.05) is 6.61 Å². The first kappa shape index (κ1) is 10.6. The third kappa shape index (κ3) is 1.68. The molecule has 0 amide bonds. The van der Waals surface area contributed by atoms with Crippen LogP contribution in [0, 0.1) is 11.8 Å². The van der Waals surface area contributed by atoms with E-state index in [0.29, 0.717) is 5.92 Å². The Hall–Kier alpha value is -1.57. The Morgan fingerprint density at radius 2 is 2.00 bits per heavy atom. The maximum atomic E-state index is 12.1. The average molecular weight is 228 g/mol. The summed E-state index contributed by atoms with van der Waals surface area (Å²) in [6.07, 6.45) is 2.75. The van der Waals surface area contributed by atoms with Gasteiger partial charge in [-0.15, -0.1) is 0 Å². The van der Waals surface area contributed by atoms with Crippen molar-refractivity contribution >= 4 is 5.78 Å². The van der Waals surface area contributed by atoms with Gasteiger partial charge in [-0.05, 0) is 17.9 Å². The van der Waals surface area contributed by atoms with Crippen molar-refractivity contribution in [2.24, 2.45) is 11.8 Å². The SMILES string of the molecule is C[C@H]1CCOC2=CC(=O)[C@@H](c3ccccc3)[C@@H]21. The third-order valence-electron chi connectivity index (χ3n) is 3.89. The first-order valence-electron chi connectivity index (χ1n) is 6.20. The second-order valence-electron chi connectivity index (χ2n) is 4.98. The van der Waals surface area contributed by atoms with Crippen molar-refractivity contribution in [3.63, 3.8) is 0 Å². The van der Waals surface area contributed by atoms with Crippen LogP contribution >= 0.6 is 0 Å². The van der Waals surface area contributed by atoms with Crippen molar-refractivity contribution < 1.29 is 9.53 Å². The minimum absolute atomic E-state index is 0.0264. The van der Waals surface area contributed by atoms with Crippen LogP contribution in [-0.2, 0) is 9.53 Å². The summed E-state index contributed by atoms with van der Waals surface area (Å²) in [5.41, 5.74) is 1.12. The molecule has 0 N–H and O–H groups in total. The minimum Gasteiger partial charge on any atom is -0.497 e. The standard InChI is InChI=1S/C15H16O2/c1-10-7-8-17-13-9-12(16)15(14(10)13)11-5-3-2-4-6-11/h2-6,9-10,14-15H,7-8H2,1H3/t10-,14+,15+/m0/s1. The summed E-state index contributed by atoms with van der Waals surface area (Å²) in [7, 11) is 0. The van der Waals surface area contributed by atoms with Crippen LogP contribution in [0.3, 0.4) is 0 Å². The largest absolute Gasteiger partial charge is 0.497 e. The van der Waals surface area contributed by atoms with Crippen LogP contribution in [-0.4, -0.2) is 12.4 Å². The molecule has 3 atom stereocenters. The number of ketones is 1. The predicted octanol–water partition coefficient (Wildman–Crippen LogP) is 2.91. The van der Waals surface area contributed by atoms with Crippen LogP contribution in [0.15, 0.2) is 42.2 Å². The smallest absolute Gasteiger partial charge is 0.167 e. The van der Waals surface area contributed by atoms with Gasteiger partial charge in [-0.25, -0.2) is 0 Å². The second kappa shape index (κ2) is 4.02. The van der Waals surface area contributed by atoms with Crippen LogP contribution in [0.4, 0.5) is 0 Å². The molecule has 0 aromatic heterocycles. The van der Waals surface area contributed by atoms with E-state index < -0.39 is 0 Å². The fourth-order valence-electron chi connectivity index (χ4n) is 2.99. The van der Waals surface area contributed by atoms with Crippen LogP contribution in [0.5, 0.6) is 0 Å². The molecule has 17 heavy (non-hydrogen) atoms. The van der Waals surface area contributed by atoms with Gasteiger partial charge in [0.05, 0.1) is 12.5 Å². The zero-order valence-electron chi connectivity index (χ0n) is 9.93. The summed E-state index contributed by atoms with van der Waals surface area (Å²) >= 11 is 0. The molecule has 0 radical (unpaired) electrons. The fraction of sp³-hybridized carbons (Fsp3) is 0.400. The summed E-state index contributed by atoms with van der Waals surface area (Å²) in [5, 5.41) is 0. The van der Waals surface area contributed by atoms with Crippen molar-refractivity contribution in [2.45, 2.75) is 19.3 Å². The Morgan fingerprint density at radius 3 is 2.76 bits per heavy atom. The van der Waals surface area contributed by atoms with E-state index in [1.54, 1.807) is 6.08 Å². The molecule has 2 nitrogen and oxygen atoms in total. The minimum atomic E-state index is -0.0264. The number of hydrogen-bond donors (Lipinski definition) is 0. The highest BCUT2D eigenvalue weighted by Crippen LogP contribution is 2.45. The summed E-state index contributed by atoms with van der Waals surface area (Å²) in [6.45, 7) is 2.97. The van der Waals surface area contributed by atoms with Crippen molar-refractivity contribution in [3.8, 4) is 0 Å². The predicted molar refractivity (Wildman–Crippen MR) is 65.5 cm³/mol. The summed E-state index contributed by atoms with van der Waals surface area (Å²) < 4.78 is 5.63. The van der Waals surface area contributed by atoms with Crippen LogP contribution in [0.25, 0.3) is 0 Å². The number of allylic oxidation sites excluding steroid dienone is 2. The number of carbonyl (C=O) groups excluding carboxylic acids is 1. The molecular formula is C15H16O2. The molecular weight excluding hydrogens is 212 g/mol. The van der Waals surface area contributed by atoms with E-state index in [9.17, 15) is 4.79 Å². The lowest BCUT2D eigenvalue weighted by atomic mass is 9.77. The van der Waals surface area contributed by atoms with Gasteiger partial charge < -0.3 is 4.74 Å². The highest BCUT2D eigenvalue weighted by atomic mass is 16.5. The number of ether oxygens (including phenoxy) is 1. The number of rotatable bonds is 1. The van der Waals surface area contributed by atoms with Gasteiger partial charge in [0.15, 0.2) is 5.78 Å². The average Bonchev–Trinajstić information content (AvgIpc) is 2.68. The maximum Gasteiger partial charge on any atom is 0.167 e. The highest BCUT2D eigenvalue weighted by Gasteiger charge is 2.43. The normalized spacial score (nSPS) is 31.7. The van der Waals surface area contributed by atoms with Gasteiger partial charge in [0.25, 0.3) is 0 Å². The molecule has 1 aliphatic carbocycles. The molecule has 2 heteroatoms. The highest BCUT2D eigenvalue weighted by molar-refractivity contribution is 5.99. The van der Waals surface area contributed by atoms with E-state index in [1.165, 1.54) is 0 Å². The third-order valence-corrected chi connectivity index (χ3v) is 3.89. The van der Waals surface area contributed by atoms with E-state index in [-0.39, 0.29) is 17.6 Å². The molecule has 1 aromatic carbocycles. The van der Waals surface area contributed by atoms with Crippen LogP contribution in [0.2, 0.25) is 0 Å². The first-order chi connectivity index (χ1) is 8.27. The molecule has 88 valence electrons. The van der Waals surface area contributed by atoms with E-state index in [2.05, 4.69) is 6.92 Å². The van der Waals surface area contributed by atoms with Gasteiger partial charge in [0.2, 0.25) is 0 Å². The number of fused-ring (bicyclic) bond motifs is 1. The van der Waals surface area contributed by atoms with E-state index >= 15 is 0 Å². The van der Waals surface area contributed by atoms with Gasteiger partial charge in [0.1, 0.15) is 5.76 Å². The molecule has 1 fully saturated rings. The monoisotopic (exact) mass is 228 g/mol. The lowest BCUT2D eigenvalue weighted by Crippen LogP contribution is -2.27. The number of hydrogen-bond acceptors (Lipinski definition) is 2. The molecule has 3 rings (SSSR count). The number of carbonyl (C=O) groups is 1. The van der Waals surface area contributed by atoms with E-state index in [4.69, 9.17) is 4.74 Å². The Labute approximate surface area is 101 Å². The van der Waals surface area contributed by atoms with Crippen LogP contribution in [0.1, 0.15) is 24.8 Å². The molecule has 2 aliphatic rings. The zero-order chi connectivity index (χ0) is 11.8. The second-order valence-corrected chi connectivity index (χ2v) is 4.98.